The molecule has 0 aliphatic rings. The van der Waals surface area contributed by atoms with E-state index in [9.17, 15) is 4.32 Å². The molecule has 0 unspecified atom stereocenters. The Morgan fingerprint density at radius 1 is 1.62 bits per heavy atom. The summed E-state index contributed by atoms with van der Waals surface area (Å²) in [6.07, 6.45) is 3.30. The molecule has 0 amide bonds. The second kappa shape index (κ2) is 2.03. The highest BCUT2D eigenvalue weighted by Gasteiger charge is 1.81. The Kier molecular flexibility index (Phi) is 1.37. The second-order valence-electron chi connectivity index (χ2n) is 1.79. The van der Waals surface area contributed by atoms with Gasteiger partial charge in [-0.3, -0.25) is 0 Å². The molecule has 0 aliphatic heterocycles. The average molecular weight is 111 g/mol. The number of nitrogens with zero attached hydrogens (tertiary/aromatic N) is 1. The summed E-state index contributed by atoms with van der Waals surface area (Å²) in [5.41, 5.74) is 0. The predicted molar refractivity (Wildman–Crippen MR) is 30.1 cm³/mol. The predicted octanol–water partition coefficient (Wildman–Crippen LogP) is 0.269. The van der Waals surface area contributed by atoms with Crippen LogP contribution in [-0.2, 0) is 7.05 Å². The van der Waals surface area contributed by atoms with Crippen LogP contribution in [0.3, 0.4) is 0 Å². The minimum Gasteiger partial charge on any atom is -0.525 e. The van der Waals surface area contributed by atoms with Gasteiger partial charge in [0.15, 0.2) is 6.20 Å². The molecule has 3 heteroatoms. The lowest BCUT2D eigenvalue weighted by Gasteiger charge is -1.92. The molecule has 0 aliphatic carbocycles. The first kappa shape index (κ1) is 5.41. The third kappa shape index (κ3) is 1.12. The van der Waals surface area contributed by atoms with Gasteiger partial charge in [0.05, 0.1) is 0 Å². The summed E-state index contributed by atoms with van der Waals surface area (Å²) >= 11 is 0. The van der Waals surface area contributed by atoms with E-state index in [1.165, 1.54) is 12.1 Å². The Morgan fingerprint density at radius 2 is 2.38 bits per heavy atom. The lowest BCUT2D eigenvalue weighted by molar-refractivity contribution is -0.669. The van der Waals surface area contributed by atoms with Crippen molar-refractivity contribution in [3.05, 3.63) is 24.3 Å². The molecule has 1 rings (SSSR count). The van der Waals surface area contributed by atoms with Crippen molar-refractivity contribution in [2.24, 2.45) is 7.05 Å². The Labute approximate surface area is 47.9 Å². The Bertz CT molecular complexity index is 172. The van der Waals surface area contributed by atoms with E-state index in [4.69, 9.17) is 0 Å². The van der Waals surface area contributed by atoms with Gasteiger partial charge in [0.1, 0.15) is 13.7 Å². The van der Waals surface area contributed by atoms with Gasteiger partial charge >= 0.3 is 0 Å². The van der Waals surface area contributed by atoms with E-state index in [0.717, 1.165) is 0 Å². The van der Waals surface area contributed by atoms with Crippen molar-refractivity contribution in [1.29, 1.82) is 0 Å². The van der Waals surface area contributed by atoms with Gasteiger partial charge in [0.25, 0.3) is 0 Å². The topological polar surface area (TPSA) is 3.88 Å². The van der Waals surface area contributed by atoms with Crippen LogP contribution in [0.5, 0.6) is 0 Å². The molecule has 1 heterocycles. The van der Waals surface area contributed by atoms with Crippen LogP contribution in [0.15, 0.2) is 24.3 Å². The molecule has 0 saturated heterocycles. The molecule has 1 nitrogen and oxygen atoms in total. The molecule has 1 aromatic rings. The average Bonchev–Trinajstić information content (AvgIpc) is 1.64. The zero-order chi connectivity index (χ0) is 5.98. The van der Waals surface area contributed by atoms with Crippen LogP contribution in [0.1, 0.15) is 0 Å². The van der Waals surface area contributed by atoms with Crippen molar-refractivity contribution in [2.75, 3.05) is 0 Å². The number of aryl methyl sites for hydroxylation is 1. The van der Waals surface area contributed by atoms with Gasteiger partial charge in [-0.15, -0.1) is 0 Å². The monoisotopic (exact) mass is 111 g/mol. The molecular weight excluding hydrogens is 104 g/mol. The third-order valence-electron chi connectivity index (χ3n) is 0.994. The molecule has 0 aromatic carbocycles. The largest absolute Gasteiger partial charge is 0.525 e. The summed E-state index contributed by atoms with van der Waals surface area (Å²) in [5, 5.41) is 0. The molecular formula is C5H7BFN. The first-order valence-electron chi connectivity index (χ1n) is 2.52. The maximum absolute atomic E-state index is 12.2. The van der Waals surface area contributed by atoms with Gasteiger partial charge in [-0.05, 0) is 12.2 Å². The Balaban J connectivity index is 3.08. The van der Waals surface area contributed by atoms with Crippen LogP contribution in [0.25, 0.3) is 0 Å². The van der Waals surface area contributed by atoms with E-state index >= 15 is 0 Å². The molecule has 0 atom stereocenters. The van der Waals surface area contributed by atoms with E-state index in [2.05, 4.69) is 0 Å². The van der Waals surface area contributed by atoms with Crippen LogP contribution >= 0.6 is 0 Å². The third-order valence-corrected chi connectivity index (χ3v) is 0.994. The van der Waals surface area contributed by atoms with E-state index < -0.39 is 6.62 Å². The molecule has 0 saturated carbocycles. The van der Waals surface area contributed by atoms with Gasteiger partial charge in [-0.2, -0.15) is 0 Å². The smallest absolute Gasteiger partial charge is 0.161 e. The fourth-order valence-corrected chi connectivity index (χ4v) is 0.616. The maximum atomic E-state index is 12.2. The number of halogens is 1. The zero-order valence-electron chi connectivity index (χ0n) is 4.71. The fraction of sp³-hybridized carbons (Fsp3) is 0.200. The van der Waals surface area contributed by atoms with E-state index in [0.29, 0.717) is 0 Å². The fourth-order valence-electron chi connectivity index (χ4n) is 0.616. The molecule has 0 radical (unpaired) electrons. The SMILES string of the molecule is C[n+]1ccc[b-](F)c1. The van der Waals surface area contributed by atoms with Gasteiger partial charge in [0, 0.05) is 0 Å². The zero-order valence-corrected chi connectivity index (χ0v) is 4.71. The quantitative estimate of drug-likeness (QED) is 0.423. The van der Waals surface area contributed by atoms with E-state index in [1.54, 1.807) is 23.9 Å². The highest BCUT2D eigenvalue weighted by Crippen LogP contribution is 1.76. The first-order chi connectivity index (χ1) is 3.79. The molecule has 0 N–H and O–H groups in total. The summed E-state index contributed by atoms with van der Waals surface area (Å²) in [5.74, 6) is 1.50. The van der Waals surface area contributed by atoms with Crippen molar-refractivity contribution in [3.63, 3.8) is 0 Å². The van der Waals surface area contributed by atoms with Crippen LogP contribution in [-0.4, -0.2) is 6.62 Å². The molecule has 8 heavy (non-hydrogen) atoms. The van der Waals surface area contributed by atoms with Crippen LogP contribution in [0, 0.1) is 0 Å². The van der Waals surface area contributed by atoms with Crippen LogP contribution < -0.4 is 4.57 Å². The maximum Gasteiger partial charge on any atom is 0.161 e. The van der Waals surface area contributed by atoms with Crippen molar-refractivity contribution in [1.82, 2.24) is 0 Å². The lowest BCUT2D eigenvalue weighted by atomic mass is 9.93. The highest BCUT2D eigenvalue weighted by molar-refractivity contribution is 6.41. The molecule has 0 bridgehead atoms. The minimum atomic E-state index is -0.898. The van der Waals surface area contributed by atoms with Gasteiger partial charge < -0.3 is 4.32 Å². The number of hydrogen-bond acceptors (Lipinski definition) is 0. The van der Waals surface area contributed by atoms with E-state index in [1.807, 2.05) is 0 Å². The molecule has 42 valence electrons. The van der Waals surface area contributed by atoms with Crippen molar-refractivity contribution in [3.8, 4) is 0 Å². The van der Waals surface area contributed by atoms with Gasteiger partial charge in [-0.25, -0.2) is 10.5 Å². The second-order valence-corrected chi connectivity index (χ2v) is 1.79. The summed E-state index contributed by atoms with van der Waals surface area (Å²) < 4.78 is 13.9. The van der Waals surface area contributed by atoms with Gasteiger partial charge in [-0.1, -0.05) is 0 Å². The van der Waals surface area contributed by atoms with Crippen molar-refractivity contribution < 1.29 is 8.88 Å². The number of aromatic nitrogens is 1. The molecule has 1 aromatic heterocycles. The van der Waals surface area contributed by atoms with E-state index in [-0.39, 0.29) is 0 Å². The minimum absolute atomic E-state index is 0.898. The number of hydrogen-bond donors (Lipinski definition) is 0. The molecule has 0 spiro atoms. The summed E-state index contributed by atoms with van der Waals surface area (Å²) in [6.45, 7) is -0.898. The highest BCUT2D eigenvalue weighted by atomic mass is 19.1. The number of rotatable bonds is 0. The van der Waals surface area contributed by atoms with Crippen LogP contribution in [0.2, 0.25) is 0 Å². The van der Waals surface area contributed by atoms with Crippen molar-refractivity contribution in [2.45, 2.75) is 0 Å². The first-order valence-corrected chi connectivity index (χ1v) is 2.52. The lowest BCUT2D eigenvalue weighted by Crippen LogP contribution is -2.28. The Morgan fingerprint density at radius 3 is 2.75 bits per heavy atom. The van der Waals surface area contributed by atoms with Crippen LogP contribution in [0.4, 0.5) is 4.32 Å². The Hall–Kier alpha value is -0.725. The molecule has 0 fully saturated rings. The summed E-state index contributed by atoms with van der Waals surface area (Å²) in [6, 6.07) is 1.70. The normalized spacial score (nSPS) is 9.25. The van der Waals surface area contributed by atoms with Crippen molar-refractivity contribution >= 4 is 6.62 Å². The van der Waals surface area contributed by atoms with Gasteiger partial charge in [0.2, 0.25) is 0 Å². The summed E-state index contributed by atoms with van der Waals surface area (Å²) in [4.78, 5) is 0. The summed E-state index contributed by atoms with van der Waals surface area (Å²) in [7, 11) is 1.80. The standard InChI is InChI=1S/C5H7BFN/c1-8-4-2-3-6(7)5-8/h2-5H,1H3.